The quantitative estimate of drug-likeness (QED) is 0.909. The molecule has 3 heterocycles. The van der Waals surface area contributed by atoms with Crippen LogP contribution in [0, 0.1) is 0 Å². The summed E-state index contributed by atoms with van der Waals surface area (Å²) < 4.78 is 0. The van der Waals surface area contributed by atoms with Crippen LogP contribution in [0.5, 0.6) is 0 Å². The van der Waals surface area contributed by atoms with Crippen molar-refractivity contribution >= 4 is 17.7 Å². The van der Waals surface area contributed by atoms with E-state index in [4.69, 9.17) is 0 Å². The van der Waals surface area contributed by atoms with Gasteiger partial charge in [0.15, 0.2) is 0 Å². The minimum Gasteiger partial charge on any atom is -0.365 e. The number of nitrogens with one attached hydrogen (secondary N) is 1. The van der Waals surface area contributed by atoms with Crippen LogP contribution in [-0.4, -0.2) is 57.5 Å². The van der Waals surface area contributed by atoms with E-state index in [1.54, 1.807) is 24.7 Å². The maximum absolute atomic E-state index is 12.8. The summed E-state index contributed by atoms with van der Waals surface area (Å²) in [6.07, 6.45) is 6.01. The molecule has 3 rings (SSSR count). The lowest BCUT2D eigenvalue weighted by Crippen LogP contribution is -2.37. The van der Waals surface area contributed by atoms with Crippen LogP contribution >= 0.6 is 0 Å². The highest BCUT2D eigenvalue weighted by molar-refractivity contribution is 5.94. The number of carbonyl (C=O) groups excluding carboxylic acids is 1. The molecular formula is C19H26N6O. The molecule has 1 atom stereocenters. The molecule has 1 amide bonds. The van der Waals surface area contributed by atoms with E-state index >= 15 is 0 Å². The Balaban J connectivity index is 1.62. The van der Waals surface area contributed by atoms with Gasteiger partial charge in [-0.2, -0.15) is 0 Å². The lowest BCUT2D eigenvalue weighted by Gasteiger charge is -2.24. The number of nitrogens with zero attached hydrogens (tertiary/aromatic N) is 5. The largest absolute Gasteiger partial charge is 0.365 e. The number of hydrogen-bond donors (Lipinski definition) is 1. The molecule has 138 valence electrons. The summed E-state index contributed by atoms with van der Waals surface area (Å²) >= 11 is 0. The van der Waals surface area contributed by atoms with Gasteiger partial charge in [-0.3, -0.25) is 4.79 Å². The predicted octanol–water partition coefficient (Wildman–Crippen LogP) is 2.43. The van der Waals surface area contributed by atoms with E-state index in [9.17, 15) is 4.79 Å². The molecule has 0 aromatic carbocycles. The van der Waals surface area contributed by atoms with Crippen molar-refractivity contribution in [1.82, 2.24) is 19.9 Å². The van der Waals surface area contributed by atoms with Crippen LogP contribution in [0.1, 0.15) is 37.6 Å². The van der Waals surface area contributed by atoms with E-state index in [0.29, 0.717) is 18.1 Å². The average molecular weight is 354 g/mol. The van der Waals surface area contributed by atoms with Gasteiger partial charge < -0.3 is 15.1 Å². The monoisotopic (exact) mass is 354 g/mol. The second kappa shape index (κ2) is 7.27. The Bertz CT molecular complexity index is 741. The third-order valence-electron chi connectivity index (χ3n) is 4.38. The van der Waals surface area contributed by atoms with E-state index < -0.39 is 0 Å². The van der Waals surface area contributed by atoms with Crippen molar-refractivity contribution in [3.8, 4) is 0 Å². The van der Waals surface area contributed by atoms with Crippen LogP contribution in [0.4, 0.5) is 11.8 Å². The zero-order valence-electron chi connectivity index (χ0n) is 15.8. The van der Waals surface area contributed by atoms with Gasteiger partial charge in [0.05, 0.1) is 11.6 Å². The molecular weight excluding hydrogens is 328 g/mol. The van der Waals surface area contributed by atoms with Gasteiger partial charge in [0.25, 0.3) is 5.91 Å². The Labute approximate surface area is 154 Å². The maximum atomic E-state index is 12.8. The third kappa shape index (κ3) is 4.28. The molecule has 0 radical (unpaired) electrons. The average Bonchev–Trinajstić information content (AvgIpc) is 3.10. The zero-order valence-corrected chi connectivity index (χ0v) is 15.8. The third-order valence-corrected chi connectivity index (χ3v) is 4.38. The van der Waals surface area contributed by atoms with Gasteiger partial charge in [-0.15, -0.1) is 0 Å². The molecule has 1 aliphatic heterocycles. The first-order chi connectivity index (χ1) is 12.3. The number of aromatic nitrogens is 3. The van der Waals surface area contributed by atoms with Crippen molar-refractivity contribution in [3.05, 3.63) is 42.4 Å². The number of rotatable bonds is 4. The molecule has 2 aromatic heterocycles. The molecule has 1 fully saturated rings. The first kappa shape index (κ1) is 18.1. The van der Waals surface area contributed by atoms with Gasteiger partial charge in [0, 0.05) is 44.3 Å². The number of pyridine rings is 1. The summed E-state index contributed by atoms with van der Waals surface area (Å²) in [7, 11) is 1.97. The number of anilines is 2. The van der Waals surface area contributed by atoms with Crippen LogP contribution in [0.3, 0.4) is 0 Å². The minimum atomic E-state index is -0.0647. The normalized spacial score (nSPS) is 17.2. The highest BCUT2D eigenvalue weighted by Gasteiger charge is 2.30. The first-order valence-corrected chi connectivity index (χ1v) is 8.87. The van der Waals surface area contributed by atoms with E-state index in [2.05, 4.69) is 41.0 Å². The Morgan fingerprint density at radius 3 is 2.58 bits per heavy atom. The van der Waals surface area contributed by atoms with Crippen LogP contribution in [0.15, 0.2) is 36.8 Å². The molecule has 1 saturated heterocycles. The second-order valence-corrected chi connectivity index (χ2v) is 7.66. The number of amides is 1. The molecule has 0 bridgehead atoms. The van der Waals surface area contributed by atoms with E-state index in [1.165, 1.54) is 0 Å². The van der Waals surface area contributed by atoms with Gasteiger partial charge in [-0.25, -0.2) is 15.0 Å². The molecule has 1 N–H and O–H groups in total. The Kier molecular flexibility index (Phi) is 5.06. The Morgan fingerprint density at radius 2 is 1.96 bits per heavy atom. The molecule has 2 aromatic rings. The summed E-state index contributed by atoms with van der Waals surface area (Å²) in [4.78, 5) is 29.6. The van der Waals surface area contributed by atoms with Crippen molar-refractivity contribution in [1.29, 1.82) is 0 Å². The van der Waals surface area contributed by atoms with Crippen molar-refractivity contribution in [3.63, 3.8) is 0 Å². The lowest BCUT2D eigenvalue weighted by molar-refractivity contribution is 0.0790. The van der Waals surface area contributed by atoms with Crippen LogP contribution < -0.4 is 10.2 Å². The van der Waals surface area contributed by atoms with E-state index in [0.717, 1.165) is 18.8 Å². The number of carbonyl (C=O) groups is 1. The molecule has 7 heteroatoms. The highest BCUT2D eigenvalue weighted by atomic mass is 16.2. The summed E-state index contributed by atoms with van der Waals surface area (Å²) in [6, 6.07) is 5.71. The minimum absolute atomic E-state index is 0.0182. The van der Waals surface area contributed by atoms with Crippen molar-refractivity contribution < 1.29 is 4.79 Å². The van der Waals surface area contributed by atoms with Crippen molar-refractivity contribution in [2.75, 3.05) is 30.4 Å². The van der Waals surface area contributed by atoms with Gasteiger partial charge in [-0.1, -0.05) is 0 Å². The van der Waals surface area contributed by atoms with Gasteiger partial charge in [0.1, 0.15) is 5.82 Å². The van der Waals surface area contributed by atoms with E-state index in [1.807, 2.05) is 29.0 Å². The Hall–Kier alpha value is -2.70. The SMILES string of the molecule is CN(c1ncccn1)[C@H]1CCN(C(=O)c2ccc(NC(C)(C)C)nc2)C1. The predicted molar refractivity (Wildman–Crippen MR) is 102 cm³/mol. The molecule has 1 aliphatic rings. The van der Waals surface area contributed by atoms with Gasteiger partial charge in [0.2, 0.25) is 5.95 Å². The Morgan fingerprint density at radius 1 is 1.23 bits per heavy atom. The molecule has 0 spiro atoms. The fourth-order valence-electron chi connectivity index (χ4n) is 3.04. The highest BCUT2D eigenvalue weighted by Crippen LogP contribution is 2.20. The zero-order chi connectivity index (χ0) is 18.7. The maximum Gasteiger partial charge on any atom is 0.255 e. The second-order valence-electron chi connectivity index (χ2n) is 7.66. The molecule has 7 nitrogen and oxygen atoms in total. The topological polar surface area (TPSA) is 74.2 Å². The van der Waals surface area contributed by atoms with Crippen LogP contribution in [0.2, 0.25) is 0 Å². The summed E-state index contributed by atoms with van der Waals surface area (Å²) in [6.45, 7) is 7.61. The van der Waals surface area contributed by atoms with Crippen LogP contribution in [-0.2, 0) is 0 Å². The van der Waals surface area contributed by atoms with Crippen molar-refractivity contribution in [2.24, 2.45) is 0 Å². The standard InChI is InChI=1S/C19H26N6O/c1-19(2,3)23-16-7-6-14(12-22-16)17(26)25-11-8-15(13-25)24(4)18-20-9-5-10-21-18/h5-7,9-10,12,15H,8,11,13H2,1-4H3,(H,22,23)/t15-/m0/s1. The smallest absolute Gasteiger partial charge is 0.255 e. The summed E-state index contributed by atoms with van der Waals surface area (Å²) in [5.41, 5.74) is 0.550. The lowest BCUT2D eigenvalue weighted by atomic mass is 10.1. The van der Waals surface area contributed by atoms with Gasteiger partial charge >= 0.3 is 0 Å². The van der Waals surface area contributed by atoms with Gasteiger partial charge in [-0.05, 0) is 45.4 Å². The van der Waals surface area contributed by atoms with Crippen LogP contribution in [0.25, 0.3) is 0 Å². The van der Waals surface area contributed by atoms with Crippen molar-refractivity contribution in [2.45, 2.75) is 38.8 Å². The molecule has 0 saturated carbocycles. The fourth-order valence-corrected chi connectivity index (χ4v) is 3.04. The summed E-state index contributed by atoms with van der Waals surface area (Å²) in [5, 5.41) is 3.30. The molecule has 0 aliphatic carbocycles. The number of likely N-dealkylation sites (tertiary alicyclic amines) is 1. The number of hydrogen-bond acceptors (Lipinski definition) is 6. The summed E-state index contributed by atoms with van der Waals surface area (Å²) in [5.74, 6) is 1.48. The molecule has 0 unspecified atom stereocenters. The fraction of sp³-hybridized carbons (Fsp3) is 0.474. The number of likely N-dealkylation sites (N-methyl/N-ethyl adjacent to an activating group) is 1. The molecule has 26 heavy (non-hydrogen) atoms. The first-order valence-electron chi connectivity index (χ1n) is 8.87. The van der Waals surface area contributed by atoms with E-state index in [-0.39, 0.29) is 17.5 Å².